The van der Waals surface area contributed by atoms with Gasteiger partial charge in [-0.25, -0.2) is 39.9 Å². The average Bonchev–Trinajstić information content (AvgIpc) is 1.58. The van der Waals surface area contributed by atoms with Crippen LogP contribution in [0.4, 0.5) is 33.3 Å². The molecule has 4 fully saturated rings. The quantitative estimate of drug-likeness (QED) is 0.0615. The van der Waals surface area contributed by atoms with E-state index in [0.29, 0.717) is 129 Å². The number of aromatic nitrogens is 12. The van der Waals surface area contributed by atoms with Gasteiger partial charge in [0.15, 0.2) is 5.65 Å². The van der Waals surface area contributed by atoms with Crippen LogP contribution in [0.3, 0.4) is 0 Å². The second-order valence-corrected chi connectivity index (χ2v) is 30.8. The molecule has 31 heteroatoms. The molecule has 26 nitrogen and oxygen atoms in total. The number of likely N-dealkylation sites (tertiary alicyclic amines) is 3. The fraction of sp³-hybridized carbons (Fsp3) is 0.241. The number of amides is 4. The summed E-state index contributed by atoms with van der Waals surface area (Å²) in [6, 6.07) is 38.1. The molecule has 0 radical (unpaired) electrons. The summed E-state index contributed by atoms with van der Waals surface area (Å²) in [6.07, 6.45) is 18.0. The van der Waals surface area contributed by atoms with E-state index in [1.165, 1.54) is 60.9 Å². The summed E-state index contributed by atoms with van der Waals surface area (Å²) in [5.74, 6) is 1.29. The number of benzene rings is 5. The Labute approximate surface area is 700 Å². The largest absolute Gasteiger partial charge is 0.482 e. The predicted octanol–water partition coefficient (Wildman–Crippen LogP) is 15.6. The number of halogens is 5. The van der Waals surface area contributed by atoms with Gasteiger partial charge in [0.2, 0.25) is 35.5 Å². The summed E-state index contributed by atoms with van der Waals surface area (Å²) in [5.41, 5.74) is 37.8. The first-order valence-corrected chi connectivity index (χ1v) is 39.7. The van der Waals surface area contributed by atoms with Gasteiger partial charge in [-0.2, -0.15) is 4.39 Å². The minimum atomic E-state index is -0.447. The number of hydrogen-bond donors (Lipinski definition) is 4. The average molecular weight is 1670 g/mol. The number of carbonyl (C=O) groups is 4. The fourth-order valence-electron chi connectivity index (χ4n) is 16.0. The number of fused-ring (bicyclic) bond motifs is 4. The van der Waals surface area contributed by atoms with E-state index in [1.54, 1.807) is 59.2 Å². The van der Waals surface area contributed by atoms with E-state index in [9.17, 15) is 19.2 Å². The van der Waals surface area contributed by atoms with Gasteiger partial charge in [-0.05, 0) is 160 Å². The van der Waals surface area contributed by atoms with Gasteiger partial charge in [-0.15, -0.1) is 0 Å². The van der Waals surface area contributed by atoms with Crippen molar-refractivity contribution in [1.29, 1.82) is 0 Å². The highest BCUT2D eigenvalue weighted by atomic mass is 35.5. The highest BCUT2D eigenvalue weighted by molar-refractivity contribution is 6.31. The maximum atomic E-state index is 15.6. The van der Waals surface area contributed by atoms with Gasteiger partial charge in [0.05, 0.1) is 52.3 Å². The summed E-state index contributed by atoms with van der Waals surface area (Å²) in [5, 5.41) is 5.37. The van der Waals surface area contributed by atoms with E-state index >= 15 is 4.39 Å². The normalized spacial score (nSPS) is 15.8. The summed E-state index contributed by atoms with van der Waals surface area (Å²) < 4.78 is 29.2. The van der Waals surface area contributed by atoms with Gasteiger partial charge in [-0.1, -0.05) is 127 Å². The molecule has 0 unspecified atom stereocenters. The van der Waals surface area contributed by atoms with Gasteiger partial charge in [0.1, 0.15) is 65.5 Å². The first-order chi connectivity index (χ1) is 56.9. The standard InChI is InChI=1S/C28H29ClN6O.C20H20ClN5O2.C20H20ClN5O.C19H17ClFN5O/c1-18-25(19-9-11-20(29)12-10-19)26-27(30)31-17-32-28(26)35(18)23-7-4-6-22(16-23)34(3)24(36)8-5-15-33(2)21-13-14-21;1-3-15(27)25-9-8-14(10-25)26-19-17(18(22)23-11-24-19)16(20(26)28-2)12-4-6-13(21)7-5-12;1-3-16(27)25-9-8-15(10-25)26-12(2)17(13-4-6-14(21)7-5-13)18-19(22)23-11-24-20(18)26;1-2-14(27)25-8-7-13(9-25)26-17(21)15(11-3-5-12(20)6-4-11)16-18(22)23-10-24-19(16)26/h4-12,16-17,21H,13-15H2,1-3H3,(H2,30,31,32);3-7,11,14H,1,8-10H2,2H3,(H2,22,23,24);3-7,11,15H,1,8-10H2,2H3,(H2,22,23,24);2-6,10,13H,1,7-9H2,(H2,22,23,24)/b8-5+;;;/t;14-;15-;13-/m.111/s1. The van der Waals surface area contributed by atoms with Gasteiger partial charge in [0.25, 0.3) is 0 Å². The van der Waals surface area contributed by atoms with Crippen molar-refractivity contribution in [2.75, 3.05) is 94.9 Å². The third-order valence-corrected chi connectivity index (χ3v) is 23.0. The van der Waals surface area contributed by atoms with Crippen molar-refractivity contribution >= 4 is 143 Å². The van der Waals surface area contributed by atoms with E-state index in [0.717, 1.165) is 97.3 Å². The first-order valence-electron chi connectivity index (χ1n) is 38.1. The van der Waals surface area contributed by atoms with Crippen LogP contribution in [0.1, 0.15) is 61.6 Å². The molecule has 3 atom stereocenters. The molecule has 11 heterocycles. The number of carbonyl (C=O) groups excluding carboxylic acids is 4. The molecule has 8 aromatic heterocycles. The van der Waals surface area contributed by atoms with Gasteiger partial charge >= 0.3 is 0 Å². The smallest absolute Gasteiger partial charge is 0.250 e. The number of nitrogen functional groups attached to an aromatic ring is 4. The molecule has 5 aromatic carbocycles. The van der Waals surface area contributed by atoms with E-state index in [4.69, 9.17) is 74.1 Å². The Morgan fingerprint density at radius 3 is 1.31 bits per heavy atom. The molecule has 3 aliphatic heterocycles. The minimum absolute atomic E-state index is 0.0108. The molecule has 4 aliphatic rings. The first kappa shape index (κ1) is 82.0. The predicted molar refractivity (Wildman–Crippen MR) is 466 cm³/mol. The second kappa shape index (κ2) is 35.1. The Morgan fingerprint density at radius 1 is 0.492 bits per heavy atom. The number of nitrogens with zero attached hydrogens (tertiary/aromatic N) is 17. The molecule has 17 rings (SSSR count). The van der Waals surface area contributed by atoms with Crippen LogP contribution in [0.2, 0.25) is 20.1 Å². The van der Waals surface area contributed by atoms with Crippen LogP contribution in [0, 0.1) is 19.8 Å². The second-order valence-electron chi connectivity index (χ2n) is 29.1. The molecular formula is C87H86Cl4FN21O5. The number of methoxy groups -OCH3 is 1. The lowest BCUT2D eigenvalue weighted by atomic mass is 10.0. The number of rotatable bonds is 17. The molecule has 604 valence electrons. The zero-order valence-corrected chi connectivity index (χ0v) is 68.5. The van der Waals surface area contributed by atoms with Gasteiger partial charge in [-0.3, -0.25) is 37.8 Å². The van der Waals surface area contributed by atoms with E-state index < -0.39 is 5.95 Å². The van der Waals surface area contributed by atoms with Gasteiger partial charge < -0.3 is 51.8 Å². The molecule has 0 spiro atoms. The highest BCUT2D eigenvalue weighted by Gasteiger charge is 2.37. The Hall–Kier alpha value is -12.5. The third-order valence-electron chi connectivity index (χ3n) is 22.0. The molecule has 1 saturated carbocycles. The van der Waals surface area contributed by atoms with Crippen LogP contribution in [0.5, 0.6) is 5.88 Å². The van der Waals surface area contributed by atoms with Crippen LogP contribution in [-0.2, 0) is 19.2 Å². The Bertz CT molecular complexity index is 5900. The number of hydrogen-bond acceptors (Lipinski definition) is 18. The fourth-order valence-corrected chi connectivity index (χ4v) is 16.5. The molecule has 0 bridgehead atoms. The SMILES string of the molecule is C=CC(=O)N1CC[C@@H](n2c(C)c(-c3ccc(Cl)cc3)c3c(N)ncnc32)C1.C=CC(=O)N1CC[C@@H](n2c(F)c(-c3ccc(Cl)cc3)c3c(N)ncnc32)C1.C=CC(=O)N1CC[C@@H](n2c(OC)c(-c3ccc(Cl)cc3)c3c(N)ncnc32)C1.Cc1c(-c2ccc(Cl)cc2)c2c(N)ncnc2n1-c1cccc(N(C)C(=O)/C=C/CN(C)C2CC2)c1. The summed E-state index contributed by atoms with van der Waals surface area (Å²) in [6.45, 7) is 19.0. The topological polar surface area (TPSA) is 321 Å². The van der Waals surface area contributed by atoms with E-state index in [-0.39, 0.29) is 47.6 Å². The molecule has 8 N–H and O–H groups in total. The number of anilines is 5. The minimum Gasteiger partial charge on any atom is -0.482 e. The Kier molecular flexibility index (Phi) is 24.4. The van der Waals surface area contributed by atoms with Gasteiger partial charge in [0, 0.05) is 125 Å². The molecular weight excluding hydrogens is 1580 g/mol. The van der Waals surface area contributed by atoms with Crippen molar-refractivity contribution < 1.29 is 28.3 Å². The van der Waals surface area contributed by atoms with Crippen molar-refractivity contribution in [1.82, 2.24) is 77.7 Å². The lowest BCUT2D eigenvalue weighted by Gasteiger charge is -2.18. The number of nitrogens with two attached hydrogens (primary N) is 4. The number of ether oxygens (including phenoxy) is 1. The van der Waals surface area contributed by atoms with Crippen molar-refractivity contribution in [3.05, 3.63) is 234 Å². The maximum Gasteiger partial charge on any atom is 0.250 e. The monoisotopic (exact) mass is 1660 g/mol. The molecule has 3 saturated heterocycles. The van der Waals surface area contributed by atoms with Crippen molar-refractivity contribution in [2.24, 2.45) is 0 Å². The number of likely N-dealkylation sites (N-methyl/N-ethyl adjacent to an activating group) is 2. The van der Waals surface area contributed by atoms with Crippen LogP contribution < -0.4 is 32.6 Å². The Balaban J connectivity index is 0.000000130. The summed E-state index contributed by atoms with van der Waals surface area (Å²) >= 11 is 24.2. The summed E-state index contributed by atoms with van der Waals surface area (Å²) in [7, 11) is 5.50. The van der Waals surface area contributed by atoms with Crippen molar-refractivity contribution in [2.45, 2.75) is 70.1 Å². The highest BCUT2D eigenvalue weighted by Crippen LogP contribution is 2.47. The van der Waals surface area contributed by atoms with Crippen LogP contribution in [-0.4, -0.2) is 174 Å². The van der Waals surface area contributed by atoms with E-state index in [1.807, 2.05) is 120 Å². The molecule has 118 heavy (non-hydrogen) atoms. The van der Waals surface area contributed by atoms with Crippen LogP contribution >= 0.6 is 46.4 Å². The zero-order valence-electron chi connectivity index (χ0n) is 65.5. The van der Waals surface area contributed by atoms with Crippen molar-refractivity contribution in [3.63, 3.8) is 0 Å². The Morgan fingerprint density at radius 2 is 0.864 bits per heavy atom. The molecule has 4 amide bonds. The van der Waals surface area contributed by atoms with Crippen LogP contribution in [0.15, 0.2) is 197 Å². The zero-order chi connectivity index (χ0) is 83.5. The third kappa shape index (κ3) is 16.4. The summed E-state index contributed by atoms with van der Waals surface area (Å²) in [4.78, 5) is 92.5. The van der Waals surface area contributed by atoms with E-state index in [2.05, 4.69) is 87.6 Å². The molecule has 1 aliphatic carbocycles. The van der Waals surface area contributed by atoms with Crippen molar-refractivity contribution in [3.8, 4) is 56.1 Å². The van der Waals surface area contributed by atoms with Crippen LogP contribution in [0.25, 0.3) is 94.3 Å². The lowest BCUT2D eigenvalue weighted by Crippen LogP contribution is -2.27. The maximum absolute atomic E-state index is 15.6. The lowest BCUT2D eigenvalue weighted by molar-refractivity contribution is -0.125. The molecule has 13 aromatic rings.